The Balaban J connectivity index is 1.55. The topological polar surface area (TPSA) is 97.4 Å². The van der Waals surface area contributed by atoms with E-state index in [0.29, 0.717) is 43.4 Å². The Morgan fingerprint density at radius 1 is 0.938 bits per heavy atom. The molecule has 1 heterocycles. The summed E-state index contributed by atoms with van der Waals surface area (Å²) in [5.74, 6) is 0.480. The second-order valence-corrected chi connectivity index (χ2v) is 9.30. The van der Waals surface area contributed by atoms with Crippen LogP contribution in [0.4, 0.5) is 5.69 Å². The van der Waals surface area contributed by atoms with Crippen molar-refractivity contribution in [2.45, 2.75) is 0 Å². The molecule has 174 valence electrons. The summed E-state index contributed by atoms with van der Waals surface area (Å²) in [5.41, 5.74) is 1.37. The minimum absolute atomic E-state index is 0.00325. The number of hydrogen-bond acceptors (Lipinski definition) is 7. The highest BCUT2D eigenvalue weighted by atomic mass is 32.2. The molecular formula is C22H29N3O6S. The summed E-state index contributed by atoms with van der Waals surface area (Å²) < 4.78 is 42.7. The van der Waals surface area contributed by atoms with Gasteiger partial charge >= 0.3 is 0 Å². The zero-order valence-electron chi connectivity index (χ0n) is 18.5. The van der Waals surface area contributed by atoms with Gasteiger partial charge in [0.1, 0.15) is 0 Å². The lowest BCUT2D eigenvalue weighted by Crippen LogP contribution is -2.50. The van der Waals surface area contributed by atoms with Crippen LogP contribution in [-0.2, 0) is 10.0 Å². The zero-order valence-corrected chi connectivity index (χ0v) is 19.4. The maximum absolute atomic E-state index is 12.7. The van der Waals surface area contributed by atoms with Crippen LogP contribution in [0.5, 0.6) is 17.2 Å². The predicted octanol–water partition coefficient (Wildman–Crippen LogP) is 1.59. The Hall–Kier alpha value is -2.98. The number of nitrogens with zero attached hydrogens (tertiary/aromatic N) is 2. The fraction of sp³-hybridized carbons (Fsp3) is 0.409. The number of amides is 1. The number of nitrogens with one attached hydrogen (secondary N) is 1. The lowest BCUT2D eigenvalue weighted by molar-refractivity contribution is 0.0955. The summed E-state index contributed by atoms with van der Waals surface area (Å²) >= 11 is 0. The van der Waals surface area contributed by atoms with Gasteiger partial charge in [-0.05, 0) is 24.3 Å². The Bertz CT molecular complexity index is 996. The highest BCUT2D eigenvalue weighted by molar-refractivity contribution is 7.89. The number of sulfonamides is 1. The summed E-state index contributed by atoms with van der Waals surface area (Å²) in [7, 11) is 0.919. The molecule has 1 aliphatic rings. The Morgan fingerprint density at radius 3 is 2.06 bits per heavy atom. The number of carbonyl (C=O) groups excluding carboxylic acids is 1. The van der Waals surface area contributed by atoms with Crippen LogP contribution in [0.1, 0.15) is 10.4 Å². The maximum atomic E-state index is 12.7. The van der Waals surface area contributed by atoms with Crippen molar-refractivity contribution >= 4 is 21.6 Å². The van der Waals surface area contributed by atoms with E-state index in [4.69, 9.17) is 14.2 Å². The molecule has 0 aromatic heterocycles. The van der Waals surface area contributed by atoms with E-state index in [1.54, 1.807) is 0 Å². The molecule has 1 amide bonds. The molecule has 1 saturated heterocycles. The number of para-hydroxylation sites is 1. The van der Waals surface area contributed by atoms with Crippen molar-refractivity contribution < 1.29 is 27.4 Å². The third kappa shape index (κ3) is 5.43. The zero-order chi connectivity index (χ0) is 23.1. The van der Waals surface area contributed by atoms with Crippen molar-refractivity contribution in [2.75, 3.05) is 64.7 Å². The third-order valence-electron chi connectivity index (χ3n) is 5.33. The van der Waals surface area contributed by atoms with Gasteiger partial charge in [0.25, 0.3) is 5.91 Å². The fourth-order valence-electron chi connectivity index (χ4n) is 3.60. The second kappa shape index (κ2) is 10.6. The van der Waals surface area contributed by atoms with Gasteiger partial charge in [-0.3, -0.25) is 4.79 Å². The summed E-state index contributed by atoms with van der Waals surface area (Å²) in [6.45, 7) is 2.08. The van der Waals surface area contributed by atoms with E-state index >= 15 is 0 Å². The first-order valence-corrected chi connectivity index (χ1v) is 11.9. The van der Waals surface area contributed by atoms with E-state index in [0.717, 1.165) is 5.69 Å². The first-order valence-electron chi connectivity index (χ1n) is 10.3. The number of carbonyl (C=O) groups is 1. The van der Waals surface area contributed by atoms with Gasteiger partial charge in [0.15, 0.2) is 11.5 Å². The van der Waals surface area contributed by atoms with Gasteiger partial charge in [0.05, 0.1) is 27.1 Å². The van der Waals surface area contributed by atoms with Gasteiger partial charge in [-0.1, -0.05) is 18.2 Å². The van der Waals surface area contributed by atoms with Gasteiger partial charge in [-0.15, -0.1) is 0 Å². The average molecular weight is 464 g/mol. The Kier molecular flexibility index (Phi) is 7.81. The van der Waals surface area contributed by atoms with Crippen LogP contribution in [0, 0.1) is 0 Å². The lowest BCUT2D eigenvalue weighted by Gasteiger charge is -2.35. The first-order chi connectivity index (χ1) is 15.4. The van der Waals surface area contributed by atoms with Crippen molar-refractivity contribution in [3.63, 3.8) is 0 Å². The molecule has 9 nitrogen and oxygen atoms in total. The molecule has 0 unspecified atom stereocenters. The van der Waals surface area contributed by atoms with E-state index in [1.807, 2.05) is 30.3 Å². The molecule has 0 saturated carbocycles. The molecule has 10 heteroatoms. The van der Waals surface area contributed by atoms with Crippen LogP contribution < -0.4 is 24.4 Å². The number of methoxy groups -OCH3 is 3. The first kappa shape index (κ1) is 23.7. The van der Waals surface area contributed by atoms with Gasteiger partial charge in [-0.2, -0.15) is 4.31 Å². The molecule has 0 atom stereocenters. The largest absolute Gasteiger partial charge is 0.493 e. The van der Waals surface area contributed by atoms with Crippen molar-refractivity contribution in [1.82, 2.24) is 9.62 Å². The quantitative estimate of drug-likeness (QED) is 0.603. The number of hydrogen-bond donors (Lipinski definition) is 1. The highest BCUT2D eigenvalue weighted by Gasteiger charge is 2.27. The van der Waals surface area contributed by atoms with E-state index in [1.165, 1.54) is 37.8 Å². The monoisotopic (exact) mass is 463 g/mol. The van der Waals surface area contributed by atoms with Crippen LogP contribution in [0.15, 0.2) is 42.5 Å². The van der Waals surface area contributed by atoms with Crippen LogP contribution >= 0.6 is 0 Å². The molecule has 2 aromatic rings. The smallest absolute Gasteiger partial charge is 0.251 e. The molecule has 3 rings (SSSR count). The summed E-state index contributed by atoms with van der Waals surface area (Å²) in [6, 6.07) is 13.0. The van der Waals surface area contributed by atoms with E-state index in [-0.39, 0.29) is 17.9 Å². The van der Waals surface area contributed by atoms with Crippen LogP contribution in [0.25, 0.3) is 0 Å². The highest BCUT2D eigenvalue weighted by Crippen LogP contribution is 2.38. The normalized spacial score (nSPS) is 14.7. The van der Waals surface area contributed by atoms with Crippen molar-refractivity contribution in [1.29, 1.82) is 0 Å². The number of ether oxygens (including phenoxy) is 3. The molecule has 0 aliphatic carbocycles. The summed E-state index contributed by atoms with van der Waals surface area (Å²) in [6.07, 6.45) is 0. The number of benzene rings is 2. The second-order valence-electron chi connectivity index (χ2n) is 7.21. The van der Waals surface area contributed by atoms with Crippen LogP contribution in [0.3, 0.4) is 0 Å². The van der Waals surface area contributed by atoms with Crippen LogP contribution in [0.2, 0.25) is 0 Å². The molecule has 0 radical (unpaired) electrons. The van der Waals surface area contributed by atoms with Crippen LogP contribution in [-0.4, -0.2) is 78.4 Å². The van der Waals surface area contributed by atoms with Gasteiger partial charge < -0.3 is 24.4 Å². The van der Waals surface area contributed by atoms with Gasteiger partial charge in [0, 0.05) is 44.0 Å². The third-order valence-corrected chi connectivity index (χ3v) is 7.20. The minimum Gasteiger partial charge on any atom is -0.493 e. The maximum Gasteiger partial charge on any atom is 0.251 e. The Morgan fingerprint density at radius 2 is 1.53 bits per heavy atom. The predicted molar refractivity (Wildman–Crippen MR) is 122 cm³/mol. The molecule has 1 fully saturated rings. The van der Waals surface area contributed by atoms with Gasteiger partial charge in [0.2, 0.25) is 15.8 Å². The molecule has 0 spiro atoms. The molecular weight excluding hydrogens is 434 g/mol. The van der Waals surface area contributed by atoms with E-state index in [2.05, 4.69) is 10.2 Å². The van der Waals surface area contributed by atoms with E-state index in [9.17, 15) is 13.2 Å². The fourth-order valence-corrected chi connectivity index (χ4v) is 4.94. The SMILES string of the molecule is COc1cc(C(=O)NCCS(=O)(=O)N2CCN(c3ccccc3)CC2)cc(OC)c1OC. The molecule has 32 heavy (non-hydrogen) atoms. The number of anilines is 1. The van der Waals surface area contributed by atoms with Gasteiger partial charge in [-0.25, -0.2) is 8.42 Å². The summed E-state index contributed by atoms with van der Waals surface area (Å²) in [4.78, 5) is 14.7. The van der Waals surface area contributed by atoms with E-state index < -0.39 is 15.9 Å². The van der Waals surface area contributed by atoms with Crippen molar-refractivity contribution in [3.8, 4) is 17.2 Å². The Labute approximate surface area is 188 Å². The molecule has 1 N–H and O–H groups in total. The lowest BCUT2D eigenvalue weighted by atomic mass is 10.1. The minimum atomic E-state index is -3.48. The van der Waals surface area contributed by atoms with Crippen molar-refractivity contribution in [3.05, 3.63) is 48.0 Å². The number of rotatable bonds is 9. The standard InChI is InChI=1S/C22H29N3O6S/c1-29-19-15-17(16-20(30-2)21(19)31-3)22(26)23-9-14-32(27,28)25-12-10-24(11-13-25)18-7-5-4-6-8-18/h4-8,15-16H,9-14H2,1-3H3,(H,23,26). The van der Waals surface area contributed by atoms with Crippen molar-refractivity contribution in [2.24, 2.45) is 0 Å². The molecule has 2 aromatic carbocycles. The molecule has 0 bridgehead atoms. The average Bonchev–Trinajstić information content (AvgIpc) is 2.83. The molecule has 1 aliphatic heterocycles. The summed E-state index contributed by atoms with van der Waals surface area (Å²) in [5, 5.41) is 2.66. The number of piperazine rings is 1.